The molecule has 2 nitrogen and oxygen atoms in total. The Balaban J connectivity index is 2.25. The van der Waals surface area contributed by atoms with Crippen LogP contribution in [0.25, 0.3) is 36.1 Å². The van der Waals surface area contributed by atoms with E-state index in [1.165, 1.54) is 45.0 Å². The summed E-state index contributed by atoms with van der Waals surface area (Å²) in [4.78, 5) is 0. The van der Waals surface area contributed by atoms with Crippen molar-refractivity contribution in [2.45, 2.75) is 41.0 Å². The van der Waals surface area contributed by atoms with Gasteiger partial charge in [-0.05, 0) is 63.8 Å². The zero-order valence-corrected chi connectivity index (χ0v) is 18.1. The highest BCUT2D eigenvalue weighted by Crippen LogP contribution is 2.35. The fraction of sp³-hybridized carbons (Fsp3) is 0.308. The first-order valence-electron chi connectivity index (χ1n) is 10.0. The number of nitrogens with zero attached hydrogens (tertiary/aromatic N) is 2. The van der Waals surface area contributed by atoms with Gasteiger partial charge < -0.3 is 9.13 Å². The lowest BCUT2D eigenvalue weighted by Gasteiger charge is -2.18. The molecule has 2 heterocycles. The summed E-state index contributed by atoms with van der Waals surface area (Å²) in [5.74, 6) is 0.533. The van der Waals surface area contributed by atoms with Crippen molar-refractivity contribution in [3.63, 3.8) is 0 Å². The molecule has 0 amide bonds. The number of hydrogen-bond donors (Lipinski definition) is 0. The molecule has 0 saturated carbocycles. The predicted molar refractivity (Wildman–Crippen MR) is 126 cm³/mol. The molecule has 28 heavy (non-hydrogen) atoms. The summed E-state index contributed by atoms with van der Waals surface area (Å²) >= 11 is 0. The van der Waals surface area contributed by atoms with E-state index in [4.69, 9.17) is 0 Å². The van der Waals surface area contributed by atoms with E-state index in [1.54, 1.807) is 0 Å². The Hall–Kier alpha value is -2.74. The maximum atomic E-state index is 4.10. The molecule has 2 aromatic rings. The van der Waals surface area contributed by atoms with Crippen LogP contribution in [0.15, 0.2) is 25.3 Å². The van der Waals surface area contributed by atoms with Crippen molar-refractivity contribution in [3.8, 4) is 0 Å². The largest absolute Gasteiger partial charge is 0.348 e. The smallest absolute Gasteiger partial charge is 0.0528 e. The summed E-state index contributed by atoms with van der Waals surface area (Å²) in [6.45, 7) is 19.1. The number of aromatic nitrogens is 2. The first-order valence-corrected chi connectivity index (χ1v) is 10.0. The molecule has 0 aromatic carbocycles. The molecule has 0 fully saturated rings. The van der Waals surface area contributed by atoms with Gasteiger partial charge in [0.05, 0.1) is 5.69 Å². The van der Waals surface area contributed by atoms with Gasteiger partial charge >= 0.3 is 0 Å². The Morgan fingerprint density at radius 2 is 1.86 bits per heavy atom. The fourth-order valence-electron chi connectivity index (χ4n) is 4.42. The van der Waals surface area contributed by atoms with Crippen LogP contribution >= 0.6 is 0 Å². The van der Waals surface area contributed by atoms with Crippen LogP contribution in [0.3, 0.4) is 0 Å². The van der Waals surface area contributed by atoms with Gasteiger partial charge in [-0.2, -0.15) is 0 Å². The van der Waals surface area contributed by atoms with Crippen LogP contribution in [-0.4, -0.2) is 9.13 Å². The monoisotopic (exact) mass is 372 g/mol. The molecule has 1 atom stereocenters. The van der Waals surface area contributed by atoms with Crippen LogP contribution in [0, 0.1) is 19.8 Å². The van der Waals surface area contributed by atoms with Crippen molar-refractivity contribution in [3.05, 3.63) is 70.3 Å². The molecule has 146 valence electrons. The molecule has 1 unspecified atom stereocenters. The van der Waals surface area contributed by atoms with Gasteiger partial charge in [0.15, 0.2) is 0 Å². The third-order valence-corrected chi connectivity index (χ3v) is 5.97. The van der Waals surface area contributed by atoms with Gasteiger partial charge in [-0.1, -0.05) is 44.4 Å². The summed E-state index contributed by atoms with van der Waals surface area (Å²) in [6.07, 6.45) is 16.1. The van der Waals surface area contributed by atoms with Crippen molar-refractivity contribution >= 4 is 36.1 Å². The molecule has 0 aliphatic heterocycles. The highest BCUT2D eigenvalue weighted by molar-refractivity contribution is 5.82. The van der Waals surface area contributed by atoms with Crippen molar-refractivity contribution in [1.82, 2.24) is 9.13 Å². The van der Waals surface area contributed by atoms with E-state index < -0.39 is 0 Å². The van der Waals surface area contributed by atoms with Gasteiger partial charge in [-0.3, -0.25) is 0 Å². The first-order chi connectivity index (χ1) is 13.3. The van der Waals surface area contributed by atoms with Crippen LogP contribution in [0.4, 0.5) is 0 Å². The molecule has 2 aromatic heterocycles. The van der Waals surface area contributed by atoms with Crippen LogP contribution < -0.4 is 0 Å². The summed E-state index contributed by atoms with van der Waals surface area (Å²) in [7, 11) is 2.14. The molecule has 0 bridgehead atoms. The summed E-state index contributed by atoms with van der Waals surface area (Å²) in [5.41, 5.74) is 11.3. The molecule has 0 N–H and O–H groups in total. The highest BCUT2D eigenvalue weighted by Gasteiger charge is 2.23. The topological polar surface area (TPSA) is 9.86 Å². The van der Waals surface area contributed by atoms with E-state index in [0.29, 0.717) is 5.92 Å². The lowest BCUT2D eigenvalue weighted by Crippen LogP contribution is -2.09. The molecule has 0 radical (unpaired) electrons. The van der Waals surface area contributed by atoms with Gasteiger partial charge in [-0.15, -0.1) is 0 Å². The third-order valence-electron chi connectivity index (χ3n) is 5.97. The minimum absolute atomic E-state index is 0.533. The van der Waals surface area contributed by atoms with Crippen LogP contribution in [0.5, 0.6) is 0 Å². The van der Waals surface area contributed by atoms with E-state index in [9.17, 15) is 0 Å². The van der Waals surface area contributed by atoms with Crippen molar-refractivity contribution in [1.29, 1.82) is 0 Å². The van der Waals surface area contributed by atoms with Crippen molar-refractivity contribution in [2.75, 3.05) is 0 Å². The Kier molecular flexibility index (Phi) is 5.51. The Morgan fingerprint density at radius 1 is 1.14 bits per heavy atom. The Bertz CT molecular complexity index is 1030. The standard InChI is InChI=1S/C26H32N2/c1-9-12-25-19(6)23(20(7)27(25)8)16-18(5)28-24(11-3)21(10-2)22-14-13-17(4)15-26(22)28/h9-14,16-17H,2-3,15H2,1,4-8H3/b12-9-,18-16+. The normalized spacial score (nSPS) is 16.6. The molecule has 0 spiro atoms. The van der Waals surface area contributed by atoms with Crippen molar-refractivity contribution < 1.29 is 0 Å². The number of allylic oxidation sites excluding steroid dienone is 3. The Labute approximate surface area is 169 Å². The quantitative estimate of drug-likeness (QED) is 0.535. The summed E-state index contributed by atoms with van der Waals surface area (Å²) in [6, 6.07) is 0. The molecule has 3 rings (SSSR count). The maximum Gasteiger partial charge on any atom is 0.0528 e. The minimum atomic E-state index is 0.533. The van der Waals surface area contributed by atoms with Gasteiger partial charge in [0.1, 0.15) is 0 Å². The highest BCUT2D eigenvalue weighted by atomic mass is 15.0. The zero-order chi connectivity index (χ0) is 20.6. The van der Waals surface area contributed by atoms with E-state index in [1.807, 2.05) is 12.2 Å². The number of rotatable bonds is 5. The second-order valence-corrected chi connectivity index (χ2v) is 7.80. The van der Waals surface area contributed by atoms with Crippen LogP contribution in [0.1, 0.15) is 65.8 Å². The SMILES string of the molecule is C=Cc1c2c(n(/C(C)=C/c3c(C)c(/C=C\C)n(C)c3C)c1C=C)CC(C)C=C2. The van der Waals surface area contributed by atoms with Gasteiger partial charge in [0.2, 0.25) is 0 Å². The fourth-order valence-corrected chi connectivity index (χ4v) is 4.42. The Morgan fingerprint density at radius 3 is 2.46 bits per heavy atom. The number of fused-ring (bicyclic) bond motifs is 1. The molecule has 1 aliphatic rings. The lowest BCUT2D eigenvalue weighted by atomic mass is 9.94. The van der Waals surface area contributed by atoms with E-state index in [2.05, 4.69) is 94.3 Å². The lowest BCUT2D eigenvalue weighted by molar-refractivity contribution is 0.689. The van der Waals surface area contributed by atoms with E-state index in [-0.39, 0.29) is 0 Å². The average molecular weight is 373 g/mol. The van der Waals surface area contributed by atoms with E-state index in [0.717, 1.165) is 12.1 Å². The van der Waals surface area contributed by atoms with Gasteiger partial charge in [0.25, 0.3) is 0 Å². The first kappa shape index (κ1) is 20.0. The second-order valence-electron chi connectivity index (χ2n) is 7.80. The second kappa shape index (κ2) is 7.71. The molecular formula is C26H32N2. The van der Waals surface area contributed by atoms with Crippen LogP contribution in [-0.2, 0) is 13.5 Å². The minimum Gasteiger partial charge on any atom is -0.348 e. The average Bonchev–Trinajstić information content (AvgIpc) is 3.09. The third kappa shape index (κ3) is 3.07. The van der Waals surface area contributed by atoms with Gasteiger partial charge in [0, 0.05) is 46.5 Å². The van der Waals surface area contributed by atoms with E-state index >= 15 is 0 Å². The summed E-state index contributed by atoms with van der Waals surface area (Å²) < 4.78 is 4.65. The van der Waals surface area contributed by atoms with Gasteiger partial charge in [-0.25, -0.2) is 0 Å². The molecular weight excluding hydrogens is 340 g/mol. The molecule has 0 saturated heterocycles. The van der Waals surface area contributed by atoms with Crippen LogP contribution in [0.2, 0.25) is 0 Å². The zero-order valence-electron chi connectivity index (χ0n) is 18.1. The predicted octanol–water partition coefficient (Wildman–Crippen LogP) is 6.99. The molecule has 1 aliphatic carbocycles. The summed E-state index contributed by atoms with van der Waals surface area (Å²) in [5, 5.41) is 0. The number of hydrogen-bond acceptors (Lipinski definition) is 0. The molecule has 2 heteroatoms. The van der Waals surface area contributed by atoms with Crippen molar-refractivity contribution in [2.24, 2.45) is 13.0 Å². The maximum absolute atomic E-state index is 4.10.